The van der Waals surface area contributed by atoms with Gasteiger partial charge in [-0.2, -0.15) is 0 Å². The number of hydrogen-bond acceptors (Lipinski definition) is 3. The molecule has 0 radical (unpaired) electrons. The molecule has 1 fully saturated rings. The normalized spacial score (nSPS) is 26.3. The van der Waals surface area contributed by atoms with Gasteiger partial charge in [-0.15, -0.1) is 0 Å². The Balaban J connectivity index is 1.98. The summed E-state index contributed by atoms with van der Waals surface area (Å²) in [5.41, 5.74) is 1.19. The molecule has 3 heteroatoms. The quantitative estimate of drug-likeness (QED) is 0.806. The van der Waals surface area contributed by atoms with E-state index >= 15 is 0 Å². The Hall–Kier alpha value is -1.06. The van der Waals surface area contributed by atoms with Gasteiger partial charge in [-0.05, 0) is 31.9 Å². The van der Waals surface area contributed by atoms with Crippen molar-refractivity contribution < 1.29 is 14.6 Å². The third-order valence-electron chi connectivity index (χ3n) is 2.51. The van der Waals surface area contributed by atoms with E-state index in [9.17, 15) is 5.11 Å². The van der Waals surface area contributed by atoms with E-state index < -0.39 is 12.4 Å². The molecule has 0 aromatic heterocycles. The molecule has 15 heavy (non-hydrogen) atoms. The van der Waals surface area contributed by atoms with Gasteiger partial charge in [-0.25, -0.2) is 0 Å². The second-order valence-electron chi connectivity index (χ2n) is 3.88. The van der Waals surface area contributed by atoms with Crippen molar-refractivity contribution in [2.45, 2.75) is 32.2 Å². The first-order valence-electron chi connectivity index (χ1n) is 5.29. The van der Waals surface area contributed by atoms with Gasteiger partial charge in [-0.3, -0.25) is 0 Å². The highest BCUT2D eigenvalue weighted by Gasteiger charge is 2.25. The second kappa shape index (κ2) is 4.64. The average Bonchev–Trinajstić information content (AvgIpc) is 2.25. The minimum absolute atomic E-state index is 0.513. The van der Waals surface area contributed by atoms with Crippen molar-refractivity contribution in [1.29, 1.82) is 0 Å². The fraction of sp³-hybridized carbons (Fsp3) is 0.500. The number of hydrogen-bond donors (Lipinski definition) is 1. The lowest BCUT2D eigenvalue weighted by Gasteiger charge is -2.28. The van der Waals surface area contributed by atoms with E-state index in [1.165, 1.54) is 5.56 Å². The Morgan fingerprint density at radius 1 is 1.33 bits per heavy atom. The molecule has 82 valence electrons. The van der Waals surface area contributed by atoms with E-state index in [0.717, 1.165) is 18.6 Å². The number of aliphatic hydroxyl groups is 1. The van der Waals surface area contributed by atoms with Gasteiger partial charge in [0, 0.05) is 0 Å². The Morgan fingerprint density at radius 3 is 2.73 bits per heavy atom. The van der Waals surface area contributed by atoms with Crippen molar-refractivity contribution in [3.05, 3.63) is 29.8 Å². The Labute approximate surface area is 89.6 Å². The van der Waals surface area contributed by atoms with Crippen molar-refractivity contribution in [2.75, 3.05) is 6.61 Å². The van der Waals surface area contributed by atoms with Gasteiger partial charge in [0.05, 0.1) is 6.61 Å². The third kappa shape index (κ3) is 2.70. The van der Waals surface area contributed by atoms with Crippen LogP contribution in [-0.4, -0.2) is 24.1 Å². The van der Waals surface area contributed by atoms with E-state index in [0.29, 0.717) is 6.61 Å². The zero-order valence-corrected chi connectivity index (χ0v) is 8.85. The van der Waals surface area contributed by atoms with Gasteiger partial charge >= 0.3 is 0 Å². The van der Waals surface area contributed by atoms with Crippen molar-refractivity contribution in [2.24, 2.45) is 0 Å². The summed E-state index contributed by atoms with van der Waals surface area (Å²) in [6.07, 6.45) is 0.618. The fourth-order valence-electron chi connectivity index (χ4n) is 1.60. The number of rotatable bonds is 2. The number of ether oxygens (including phenoxy) is 2. The standard InChI is InChI=1S/C12H16O3/c1-9-4-6-10(7-5-9)15-12-11(13)3-2-8-14-12/h4-7,11-13H,2-3,8H2,1H3. The summed E-state index contributed by atoms with van der Waals surface area (Å²) < 4.78 is 10.9. The SMILES string of the molecule is Cc1ccc(OC2OCCCC2O)cc1. The molecule has 0 bridgehead atoms. The first kappa shape index (κ1) is 10.5. The fourth-order valence-corrected chi connectivity index (χ4v) is 1.60. The highest BCUT2D eigenvalue weighted by atomic mass is 16.7. The largest absolute Gasteiger partial charge is 0.462 e. The molecule has 0 aliphatic carbocycles. The van der Waals surface area contributed by atoms with E-state index in [4.69, 9.17) is 9.47 Å². The van der Waals surface area contributed by atoms with Crippen LogP contribution in [0.5, 0.6) is 5.75 Å². The first-order chi connectivity index (χ1) is 7.25. The van der Waals surface area contributed by atoms with E-state index in [1.54, 1.807) is 0 Å². The summed E-state index contributed by atoms with van der Waals surface area (Å²) in [6, 6.07) is 7.73. The molecular weight excluding hydrogens is 192 g/mol. The number of aryl methyl sites for hydroxylation is 1. The smallest absolute Gasteiger partial charge is 0.226 e. The van der Waals surface area contributed by atoms with E-state index in [-0.39, 0.29) is 0 Å². The molecule has 1 aliphatic rings. The number of benzene rings is 1. The van der Waals surface area contributed by atoms with Crippen molar-refractivity contribution >= 4 is 0 Å². The molecule has 1 N–H and O–H groups in total. The van der Waals surface area contributed by atoms with Crippen LogP contribution in [0.1, 0.15) is 18.4 Å². The second-order valence-corrected chi connectivity index (χ2v) is 3.88. The third-order valence-corrected chi connectivity index (χ3v) is 2.51. The lowest BCUT2D eigenvalue weighted by Crippen LogP contribution is -2.38. The van der Waals surface area contributed by atoms with Crippen molar-refractivity contribution in [1.82, 2.24) is 0 Å². The van der Waals surface area contributed by atoms with Gasteiger partial charge in [0.2, 0.25) is 6.29 Å². The topological polar surface area (TPSA) is 38.7 Å². The van der Waals surface area contributed by atoms with Crippen LogP contribution in [0, 0.1) is 6.92 Å². The summed E-state index contributed by atoms with van der Waals surface area (Å²) >= 11 is 0. The molecule has 2 rings (SSSR count). The van der Waals surface area contributed by atoms with Crippen molar-refractivity contribution in [3.63, 3.8) is 0 Å². The maximum atomic E-state index is 9.63. The highest BCUT2D eigenvalue weighted by molar-refractivity contribution is 5.26. The van der Waals surface area contributed by atoms with Gasteiger partial charge in [0.25, 0.3) is 0 Å². The predicted molar refractivity (Wildman–Crippen MR) is 56.8 cm³/mol. The molecule has 0 spiro atoms. The van der Waals surface area contributed by atoms with Crippen LogP contribution in [0.4, 0.5) is 0 Å². The lowest BCUT2D eigenvalue weighted by atomic mass is 10.1. The maximum Gasteiger partial charge on any atom is 0.226 e. The zero-order valence-electron chi connectivity index (χ0n) is 8.85. The minimum Gasteiger partial charge on any atom is -0.462 e. The molecule has 1 aliphatic heterocycles. The van der Waals surface area contributed by atoms with Gasteiger partial charge < -0.3 is 14.6 Å². The molecule has 2 atom stereocenters. The Kier molecular flexibility index (Phi) is 3.23. The van der Waals surface area contributed by atoms with Gasteiger partial charge in [-0.1, -0.05) is 17.7 Å². The summed E-state index contributed by atoms with van der Waals surface area (Å²) in [6.45, 7) is 2.68. The van der Waals surface area contributed by atoms with Crippen LogP contribution in [-0.2, 0) is 4.74 Å². The lowest BCUT2D eigenvalue weighted by molar-refractivity contribution is -0.170. The molecule has 2 unspecified atom stereocenters. The van der Waals surface area contributed by atoms with Gasteiger partial charge in [0.1, 0.15) is 11.9 Å². The van der Waals surface area contributed by atoms with Crippen LogP contribution in [0.3, 0.4) is 0 Å². The van der Waals surface area contributed by atoms with E-state index in [2.05, 4.69) is 0 Å². The molecule has 1 aromatic carbocycles. The predicted octanol–water partition coefficient (Wildman–Crippen LogP) is 1.87. The van der Waals surface area contributed by atoms with Crippen LogP contribution in [0.2, 0.25) is 0 Å². The highest BCUT2D eigenvalue weighted by Crippen LogP contribution is 2.19. The molecule has 3 nitrogen and oxygen atoms in total. The number of aliphatic hydroxyl groups excluding tert-OH is 1. The minimum atomic E-state index is -0.514. The van der Waals surface area contributed by atoms with E-state index in [1.807, 2.05) is 31.2 Å². The molecule has 1 saturated heterocycles. The maximum absolute atomic E-state index is 9.63. The summed E-state index contributed by atoms with van der Waals surface area (Å²) in [5, 5.41) is 9.63. The van der Waals surface area contributed by atoms with Crippen LogP contribution in [0.25, 0.3) is 0 Å². The zero-order chi connectivity index (χ0) is 10.7. The van der Waals surface area contributed by atoms with Crippen LogP contribution in [0.15, 0.2) is 24.3 Å². The molecule has 1 aromatic rings. The summed E-state index contributed by atoms with van der Waals surface area (Å²) in [5.74, 6) is 0.742. The average molecular weight is 208 g/mol. The Bertz CT molecular complexity index is 307. The molecular formula is C12H16O3. The molecule has 0 saturated carbocycles. The van der Waals surface area contributed by atoms with Crippen LogP contribution < -0.4 is 4.74 Å². The molecule has 0 amide bonds. The summed E-state index contributed by atoms with van der Waals surface area (Å²) in [4.78, 5) is 0. The monoisotopic (exact) mass is 208 g/mol. The summed E-state index contributed by atoms with van der Waals surface area (Å²) in [7, 11) is 0. The Morgan fingerprint density at radius 2 is 2.07 bits per heavy atom. The van der Waals surface area contributed by atoms with Gasteiger partial charge in [0.15, 0.2) is 0 Å². The van der Waals surface area contributed by atoms with Crippen LogP contribution >= 0.6 is 0 Å². The first-order valence-corrected chi connectivity index (χ1v) is 5.29. The molecule has 1 heterocycles. The van der Waals surface area contributed by atoms with Crippen molar-refractivity contribution in [3.8, 4) is 5.75 Å².